The number of carbonyl (C=O) groups is 1. The monoisotopic (exact) mass is 259 g/mol. The zero-order chi connectivity index (χ0) is 13.7. The highest BCUT2D eigenvalue weighted by atomic mass is 16.1. The fourth-order valence-electron chi connectivity index (χ4n) is 3.06. The molecule has 0 spiro atoms. The first-order valence-electron chi connectivity index (χ1n) is 7.48. The van der Waals surface area contributed by atoms with Crippen molar-refractivity contribution >= 4 is 6.29 Å². The average Bonchev–Trinajstić information content (AvgIpc) is 2.70. The quantitative estimate of drug-likeness (QED) is 0.768. The summed E-state index contributed by atoms with van der Waals surface area (Å²) in [6, 6.07) is 8.92. The predicted octanol–water partition coefficient (Wildman–Crippen LogP) is 3.75. The first kappa shape index (κ1) is 14.3. The van der Waals surface area contributed by atoms with E-state index in [-0.39, 0.29) is 12.0 Å². The molecular formula is C17H25NO. The molecule has 2 heteroatoms. The minimum absolute atomic E-state index is 0.0563. The summed E-state index contributed by atoms with van der Waals surface area (Å²) in [5.41, 5.74) is 2.56. The van der Waals surface area contributed by atoms with Crippen molar-refractivity contribution < 1.29 is 4.79 Å². The van der Waals surface area contributed by atoms with Crippen molar-refractivity contribution in [3.63, 3.8) is 0 Å². The number of likely N-dealkylation sites (tertiary alicyclic amines) is 1. The van der Waals surface area contributed by atoms with Gasteiger partial charge in [0.05, 0.1) is 0 Å². The molecule has 1 heterocycles. The van der Waals surface area contributed by atoms with E-state index >= 15 is 0 Å². The molecule has 0 amide bonds. The van der Waals surface area contributed by atoms with E-state index in [1.54, 1.807) is 0 Å². The summed E-state index contributed by atoms with van der Waals surface area (Å²) >= 11 is 0. The second-order valence-corrected chi connectivity index (χ2v) is 5.80. The molecule has 0 radical (unpaired) electrons. The highest BCUT2D eigenvalue weighted by Crippen LogP contribution is 2.30. The van der Waals surface area contributed by atoms with Crippen molar-refractivity contribution in [3.8, 4) is 0 Å². The Kier molecular flexibility index (Phi) is 5.15. The molecule has 1 aliphatic heterocycles. The molecule has 19 heavy (non-hydrogen) atoms. The summed E-state index contributed by atoms with van der Waals surface area (Å²) in [4.78, 5) is 13.8. The maximum Gasteiger partial charge on any atom is 0.124 e. The molecule has 104 valence electrons. The number of aryl methyl sites for hydroxylation is 1. The van der Waals surface area contributed by atoms with Gasteiger partial charge in [0.1, 0.15) is 6.29 Å². The number of carbonyl (C=O) groups excluding carboxylic acids is 1. The summed E-state index contributed by atoms with van der Waals surface area (Å²) in [5.74, 6) is 0.0563. The Morgan fingerprint density at radius 3 is 2.16 bits per heavy atom. The van der Waals surface area contributed by atoms with Gasteiger partial charge in [-0.15, -0.1) is 0 Å². The Labute approximate surface area is 116 Å². The second kappa shape index (κ2) is 6.85. The number of nitrogens with zero attached hydrogens (tertiary/aromatic N) is 1. The second-order valence-electron chi connectivity index (χ2n) is 5.80. The van der Waals surface area contributed by atoms with Crippen molar-refractivity contribution in [1.82, 2.24) is 4.90 Å². The lowest BCUT2D eigenvalue weighted by atomic mass is 9.93. The van der Waals surface area contributed by atoms with E-state index < -0.39 is 0 Å². The first-order chi connectivity index (χ1) is 9.22. The summed E-state index contributed by atoms with van der Waals surface area (Å²) in [7, 11) is 0. The number of hydrogen-bond donors (Lipinski definition) is 0. The largest absolute Gasteiger partial charge is 0.303 e. The molecule has 1 saturated heterocycles. The van der Waals surface area contributed by atoms with Crippen LogP contribution in [0.1, 0.15) is 49.8 Å². The molecule has 2 nitrogen and oxygen atoms in total. The third kappa shape index (κ3) is 3.66. The third-order valence-electron chi connectivity index (χ3n) is 4.17. The van der Waals surface area contributed by atoms with Crippen LogP contribution in [0.2, 0.25) is 0 Å². The summed E-state index contributed by atoms with van der Waals surface area (Å²) < 4.78 is 0. The minimum Gasteiger partial charge on any atom is -0.303 e. The standard InChI is InChI=1S/C17H25NO/c1-14-7-9-16(10-8-14)17(15(2)13-19)18-11-5-3-4-6-12-18/h7-10,13,15,17H,3-6,11-12H2,1-2H3. The van der Waals surface area contributed by atoms with Crippen LogP contribution in [0.25, 0.3) is 0 Å². The zero-order valence-corrected chi connectivity index (χ0v) is 12.1. The van der Waals surface area contributed by atoms with Crippen LogP contribution in [-0.2, 0) is 4.79 Å². The Hall–Kier alpha value is -1.15. The van der Waals surface area contributed by atoms with Crippen molar-refractivity contribution in [2.45, 2.75) is 45.6 Å². The van der Waals surface area contributed by atoms with Crippen LogP contribution >= 0.6 is 0 Å². The van der Waals surface area contributed by atoms with Crippen molar-refractivity contribution in [3.05, 3.63) is 35.4 Å². The molecule has 1 aromatic carbocycles. The van der Waals surface area contributed by atoms with Gasteiger partial charge in [-0.2, -0.15) is 0 Å². The lowest BCUT2D eigenvalue weighted by Crippen LogP contribution is -2.34. The van der Waals surface area contributed by atoms with Gasteiger partial charge in [0.25, 0.3) is 0 Å². The summed E-state index contributed by atoms with van der Waals surface area (Å²) in [6.45, 7) is 6.39. The van der Waals surface area contributed by atoms with Crippen LogP contribution in [0.3, 0.4) is 0 Å². The molecule has 1 fully saturated rings. The van der Waals surface area contributed by atoms with Gasteiger partial charge < -0.3 is 4.79 Å². The first-order valence-corrected chi connectivity index (χ1v) is 7.48. The van der Waals surface area contributed by atoms with E-state index in [4.69, 9.17) is 0 Å². The molecule has 2 unspecified atom stereocenters. The highest BCUT2D eigenvalue weighted by Gasteiger charge is 2.26. The Morgan fingerprint density at radius 2 is 1.63 bits per heavy atom. The highest BCUT2D eigenvalue weighted by molar-refractivity contribution is 5.55. The molecule has 1 aromatic rings. The number of aldehydes is 1. The molecule has 1 aliphatic rings. The summed E-state index contributed by atoms with van der Waals surface area (Å²) in [6.07, 6.45) is 6.27. The molecule has 0 saturated carbocycles. The van der Waals surface area contributed by atoms with Crippen LogP contribution in [-0.4, -0.2) is 24.3 Å². The van der Waals surface area contributed by atoms with Crippen LogP contribution < -0.4 is 0 Å². The van der Waals surface area contributed by atoms with Crippen molar-refractivity contribution in [2.75, 3.05) is 13.1 Å². The van der Waals surface area contributed by atoms with Gasteiger partial charge in [-0.05, 0) is 38.4 Å². The van der Waals surface area contributed by atoms with E-state index in [1.165, 1.54) is 36.8 Å². The van der Waals surface area contributed by atoms with Gasteiger partial charge >= 0.3 is 0 Å². The van der Waals surface area contributed by atoms with Gasteiger partial charge in [0, 0.05) is 12.0 Å². The molecule has 0 bridgehead atoms. The molecular weight excluding hydrogens is 234 g/mol. The van der Waals surface area contributed by atoms with Crippen LogP contribution in [0, 0.1) is 12.8 Å². The lowest BCUT2D eigenvalue weighted by Gasteiger charge is -2.33. The molecule has 0 N–H and O–H groups in total. The van der Waals surface area contributed by atoms with Crippen LogP contribution in [0.4, 0.5) is 0 Å². The smallest absolute Gasteiger partial charge is 0.124 e. The maximum atomic E-state index is 11.3. The van der Waals surface area contributed by atoms with Crippen LogP contribution in [0.15, 0.2) is 24.3 Å². The number of hydrogen-bond acceptors (Lipinski definition) is 2. The fraction of sp³-hybridized carbons (Fsp3) is 0.588. The lowest BCUT2D eigenvalue weighted by molar-refractivity contribution is -0.112. The third-order valence-corrected chi connectivity index (χ3v) is 4.17. The maximum absolute atomic E-state index is 11.3. The number of rotatable bonds is 4. The fourth-order valence-corrected chi connectivity index (χ4v) is 3.06. The van der Waals surface area contributed by atoms with Gasteiger partial charge in [-0.3, -0.25) is 4.90 Å². The average molecular weight is 259 g/mol. The molecule has 2 rings (SSSR count). The minimum atomic E-state index is 0.0563. The van der Waals surface area contributed by atoms with Gasteiger partial charge in [-0.1, -0.05) is 49.6 Å². The normalized spacial score (nSPS) is 20.5. The topological polar surface area (TPSA) is 20.3 Å². The van der Waals surface area contributed by atoms with E-state index in [0.29, 0.717) is 0 Å². The molecule has 0 aromatic heterocycles. The van der Waals surface area contributed by atoms with Crippen molar-refractivity contribution in [1.29, 1.82) is 0 Å². The van der Waals surface area contributed by atoms with E-state index in [1.807, 2.05) is 6.92 Å². The zero-order valence-electron chi connectivity index (χ0n) is 12.1. The Balaban J connectivity index is 2.23. The van der Waals surface area contributed by atoms with E-state index in [9.17, 15) is 4.79 Å². The van der Waals surface area contributed by atoms with E-state index in [2.05, 4.69) is 36.1 Å². The van der Waals surface area contributed by atoms with Gasteiger partial charge in [0.2, 0.25) is 0 Å². The van der Waals surface area contributed by atoms with Gasteiger partial charge in [-0.25, -0.2) is 0 Å². The van der Waals surface area contributed by atoms with Gasteiger partial charge in [0.15, 0.2) is 0 Å². The predicted molar refractivity (Wildman–Crippen MR) is 79.2 cm³/mol. The molecule has 0 aliphatic carbocycles. The van der Waals surface area contributed by atoms with Crippen molar-refractivity contribution in [2.24, 2.45) is 5.92 Å². The SMILES string of the molecule is Cc1ccc(C(C(C)C=O)N2CCCCCC2)cc1. The van der Waals surface area contributed by atoms with E-state index in [0.717, 1.165) is 19.4 Å². The molecule has 2 atom stereocenters. The summed E-state index contributed by atoms with van der Waals surface area (Å²) in [5, 5.41) is 0. The number of benzene rings is 1. The van der Waals surface area contributed by atoms with Crippen LogP contribution in [0.5, 0.6) is 0 Å². The Morgan fingerprint density at radius 1 is 1.05 bits per heavy atom. The Bertz CT molecular complexity index is 390.